The zero-order valence-electron chi connectivity index (χ0n) is 11.5. The Bertz CT molecular complexity index is 427. The predicted octanol–water partition coefficient (Wildman–Crippen LogP) is 4.20. The molecule has 0 radical (unpaired) electrons. The van der Waals surface area contributed by atoms with Crippen LogP contribution in [0.15, 0.2) is 22.7 Å². The zero-order chi connectivity index (χ0) is 13.8. The fourth-order valence-corrected chi connectivity index (χ4v) is 2.95. The minimum Gasteiger partial charge on any atom is -0.373 e. The summed E-state index contributed by atoms with van der Waals surface area (Å²) in [5.41, 5.74) is 0.696. The lowest BCUT2D eigenvalue weighted by Gasteiger charge is -2.26. The van der Waals surface area contributed by atoms with Crippen molar-refractivity contribution in [3.8, 4) is 0 Å². The standard InChI is InChI=1S/C15H21BrFNO/c1-3-8-18-15(14-7-4-10(2)19-14)12-9-11(16)5-6-13(12)17/h5-6,9-10,14-15,18H,3-4,7-8H2,1-2H3. The summed E-state index contributed by atoms with van der Waals surface area (Å²) >= 11 is 3.42. The third kappa shape index (κ3) is 3.77. The first-order valence-electron chi connectivity index (χ1n) is 6.95. The van der Waals surface area contributed by atoms with Crippen molar-refractivity contribution >= 4 is 15.9 Å². The molecule has 0 bridgehead atoms. The highest BCUT2D eigenvalue weighted by atomic mass is 79.9. The average Bonchev–Trinajstić information content (AvgIpc) is 2.80. The molecule has 0 amide bonds. The first kappa shape index (κ1) is 14.9. The molecule has 3 unspecified atom stereocenters. The van der Waals surface area contributed by atoms with Crippen molar-refractivity contribution in [3.05, 3.63) is 34.1 Å². The third-order valence-corrected chi connectivity index (χ3v) is 4.04. The minimum atomic E-state index is -0.167. The second-order valence-corrected chi connectivity index (χ2v) is 6.08. The van der Waals surface area contributed by atoms with Gasteiger partial charge in [0.2, 0.25) is 0 Å². The summed E-state index contributed by atoms with van der Waals surface area (Å²) in [5, 5.41) is 3.43. The molecule has 1 aliphatic heterocycles. The Morgan fingerprint density at radius 3 is 2.89 bits per heavy atom. The van der Waals surface area contributed by atoms with E-state index in [1.807, 2.05) is 6.07 Å². The van der Waals surface area contributed by atoms with Crippen molar-refractivity contribution in [2.75, 3.05) is 6.54 Å². The Balaban J connectivity index is 2.23. The topological polar surface area (TPSA) is 21.3 Å². The Morgan fingerprint density at radius 1 is 1.47 bits per heavy atom. The first-order chi connectivity index (χ1) is 9.11. The molecule has 0 aromatic heterocycles. The van der Waals surface area contributed by atoms with E-state index in [2.05, 4.69) is 35.1 Å². The summed E-state index contributed by atoms with van der Waals surface area (Å²) in [5.74, 6) is -0.167. The Kier molecular flexibility index (Phi) is 5.37. The van der Waals surface area contributed by atoms with Gasteiger partial charge < -0.3 is 10.1 Å². The average molecular weight is 330 g/mol. The molecular formula is C15H21BrFNO. The number of ether oxygens (including phenoxy) is 1. The van der Waals surface area contributed by atoms with Crippen LogP contribution < -0.4 is 5.32 Å². The number of rotatable bonds is 5. The van der Waals surface area contributed by atoms with Gasteiger partial charge in [-0.1, -0.05) is 22.9 Å². The fourth-order valence-electron chi connectivity index (χ4n) is 2.57. The summed E-state index contributed by atoms with van der Waals surface area (Å²) in [6.07, 6.45) is 3.38. The number of hydrogen-bond acceptors (Lipinski definition) is 2. The molecule has 0 aliphatic carbocycles. The summed E-state index contributed by atoms with van der Waals surface area (Å²) < 4.78 is 20.9. The molecule has 1 aromatic carbocycles. The Labute approximate surface area is 122 Å². The number of halogens is 2. The fraction of sp³-hybridized carbons (Fsp3) is 0.600. The van der Waals surface area contributed by atoms with Gasteiger partial charge in [-0.25, -0.2) is 4.39 Å². The van der Waals surface area contributed by atoms with Crippen LogP contribution in [0.3, 0.4) is 0 Å². The smallest absolute Gasteiger partial charge is 0.128 e. The van der Waals surface area contributed by atoms with Gasteiger partial charge in [0, 0.05) is 10.0 Å². The van der Waals surface area contributed by atoms with E-state index in [1.54, 1.807) is 6.07 Å². The van der Waals surface area contributed by atoms with Crippen molar-refractivity contribution < 1.29 is 9.13 Å². The van der Waals surface area contributed by atoms with Crippen molar-refractivity contribution in [2.24, 2.45) is 0 Å². The van der Waals surface area contributed by atoms with E-state index in [0.29, 0.717) is 5.56 Å². The molecule has 19 heavy (non-hydrogen) atoms. The van der Waals surface area contributed by atoms with Crippen LogP contribution in [0.2, 0.25) is 0 Å². The summed E-state index contributed by atoms with van der Waals surface area (Å²) in [7, 11) is 0. The van der Waals surface area contributed by atoms with E-state index in [0.717, 1.165) is 30.3 Å². The Hall–Kier alpha value is -0.450. The minimum absolute atomic E-state index is 0.0605. The lowest BCUT2D eigenvalue weighted by atomic mass is 9.98. The Morgan fingerprint density at radius 2 is 2.26 bits per heavy atom. The van der Waals surface area contributed by atoms with Gasteiger partial charge in [0.1, 0.15) is 5.82 Å². The van der Waals surface area contributed by atoms with Gasteiger partial charge in [0.25, 0.3) is 0 Å². The first-order valence-corrected chi connectivity index (χ1v) is 7.75. The lowest BCUT2D eigenvalue weighted by molar-refractivity contribution is 0.0308. The van der Waals surface area contributed by atoms with Crippen molar-refractivity contribution in [3.63, 3.8) is 0 Å². The van der Waals surface area contributed by atoms with Gasteiger partial charge in [-0.2, -0.15) is 0 Å². The molecule has 3 atom stereocenters. The molecule has 1 aromatic rings. The maximum absolute atomic E-state index is 14.1. The quantitative estimate of drug-likeness (QED) is 0.874. The van der Waals surface area contributed by atoms with Crippen LogP contribution >= 0.6 is 15.9 Å². The largest absolute Gasteiger partial charge is 0.373 e. The lowest BCUT2D eigenvalue weighted by Crippen LogP contribution is -2.33. The van der Waals surface area contributed by atoms with E-state index in [1.165, 1.54) is 6.07 Å². The second kappa shape index (κ2) is 6.82. The molecule has 1 heterocycles. The number of nitrogens with one attached hydrogen (secondary N) is 1. The molecule has 1 saturated heterocycles. The van der Waals surface area contributed by atoms with E-state index in [4.69, 9.17) is 4.74 Å². The second-order valence-electron chi connectivity index (χ2n) is 5.16. The van der Waals surface area contributed by atoms with Crippen LogP contribution in [0.5, 0.6) is 0 Å². The van der Waals surface area contributed by atoms with Gasteiger partial charge in [-0.05, 0) is 50.9 Å². The van der Waals surface area contributed by atoms with E-state index < -0.39 is 0 Å². The molecule has 0 saturated carbocycles. The van der Waals surface area contributed by atoms with Gasteiger partial charge in [0.05, 0.1) is 18.2 Å². The molecule has 2 nitrogen and oxygen atoms in total. The maximum atomic E-state index is 14.1. The summed E-state index contributed by atoms with van der Waals surface area (Å²) in [6, 6.07) is 5.03. The molecule has 106 valence electrons. The van der Waals surface area contributed by atoms with Crippen molar-refractivity contribution in [2.45, 2.75) is 51.4 Å². The molecule has 0 spiro atoms. The van der Waals surface area contributed by atoms with Crippen LogP contribution in [0.1, 0.15) is 44.7 Å². The highest BCUT2D eigenvalue weighted by Crippen LogP contribution is 2.32. The van der Waals surface area contributed by atoms with E-state index in [-0.39, 0.29) is 24.1 Å². The zero-order valence-corrected chi connectivity index (χ0v) is 13.0. The molecule has 1 fully saturated rings. The van der Waals surface area contributed by atoms with Gasteiger partial charge in [0.15, 0.2) is 0 Å². The summed E-state index contributed by atoms with van der Waals surface area (Å²) in [6.45, 7) is 5.05. The number of benzene rings is 1. The van der Waals surface area contributed by atoms with Crippen LogP contribution in [0.25, 0.3) is 0 Å². The van der Waals surface area contributed by atoms with Crippen LogP contribution in [0, 0.1) is 5.82 Å². The summed E-state index contributed by atoms with van der Waals surface area (Å²) in [4.78, 5) is 0. The predicted molar refractivity (Wildman–Crippen MR) is 78.7 cm³/mol. The monoisotopic (exact) mass is 329 g/mol. The van der Waals surface area contributed by atoms with Crippen LogP contribution in [-0.2, 0) is 4.74 Å². The van der Waals surface area contributed by atoms with Gasteiger partial charge in [-0.15, -0.1) is 0 Å². The SMILES string of the molecule is CCCNC(c1cc(Br)ccc1F)C1CCC(C)O1. The van der Waals surface area contributed by atoms with Gasteiger partial charge in [-0.3, -0.25) is 0 Å². The molecule has 1 aliphatic rings. The van der Waals surface area contributed by atoms with Crippen LogP contribution in [0.4, 0.5) is 4.39 Å². The van der Waals surface area contributed by atoms with Gasteiger partial charge >= 0.3 is 0 Å². The third-order valence-electron chi connectivity index (χ3n) is 3.54. The number of hydrogen-bond donors (Lipinski definition) is 1. The van der Waals surface area contributed by atoms with E-state index >= 15 is 0 Å². The van der Waals surface area contributed by atoms with Crippen molar-refractivity contribution in [1.29, 1.82) is 0 Å². The highest BCUT2D eigenvalue weighted by Gasteiger charge is 2.31. The van der Waals surface area contributed by atoms with E-state index in [9.17, 15) is 4.39 Å². The molecular weight excluding hydrogens is 309 g/mol. The maximum Gasteiger partial charge on any atom is 0.128 e. The highest BCUT2D eigenvalue weighted by molar-refractivity contribution is 9.10. The molecule has 4 heteroatoms. The molecule has 1 N–H and O–H groups in total. The molecule has 2 rings (SSSR count). The van der Waals surface area contributed by atoms with Crippen molar-refractivity contribution in [1.82, 2.24) is 5.32 Å². The van der Waals surface area contributed by atoms with Crippen LogP contribution in [-0.4, -0.2) is 18.8 Å². The normalized spacial score (nSPS) is 24.6.